The molecule has 1 unspecified atom stereocenters. The Morgan fingerprint density at radius 1 is 1.22 bits per heavy atom. The number of aromatic nitrogens is 2. The Bertz CT molecular complexity index is 719. The Kier molecular flexibility index (Phi) is 4.42. The Labute approximate surface area is 133 Å². The van der Waals surface area contributed by atoms with Gasteiger partial charge in [-0.05, 0) is 24.6 Å². The van der Waals surface area contributed by atoms with Crippen molar-refractivity contribution in [3.8, 4) is 0 Å². The smallest absolute Gasteiger partial charge is 0.351 e. The summed E-state index contributed by atoms with van der Waals surface area (Å²) in [5, 5.41) is 23.0. The van der Waals surface area contributed by atoms with Gasteiger partial charge in [0.2, 0.25) is 0 Å². The molecule has 4 atom stereocenters. The van der Waals surface area contributed by atoms with Gasteiger partial charge in [-0.2, -0.15) is 4.98 Å². The molecule has 0 spiro atoms. The number of hydrogen-bond acceptors (Lipinski definition) is 6. The molecule has 0 aliphatic carbocycles. The summed E-state index contributed by atoms with van der Waals surface area (Å²) in [5.41, 5.74) is 0.259. The highest BCUT2D eigenvalue weighted by molar-refractivity contribution is 5.54. The fraction of sp³-hybridized carbons (Fsp3) is 0.375. The lowest BCUT2D eigenvalue weighted by atomic mass is 10.1. The van der Waals surface area contributed by atoms with Gasteiger partial charge in [0.1, 0.15) is 18.0 Å². The zero-order valence-electron chi connectivity index (χ0n) is 12.7. The predicted octanol–water partition coefficient (Wildman–Crippen LogP) is 1.02. The minimum Gasteiger partial charge on any atom is -0.388 e. The second kappa shape index (κ2) is 6.49. The van der Waals surface area contributed by atoms with Crippen molar-refractivity contribution < 1.29 is 14.9 Å². The average molecular weight is 317 g/mol. The highest BCUT2D eigenvalue weighted by Crippen LogP contribution is 2.29. The Morgan fingerprint density at radius 3 is 2.57 bits per heavy atom. The van der Waals surface area contributed by atoms with Crippen LogP contribution in [0.15, 0.2) is 47.4 Å². The lowest BCUT2D eigenvalue weighted by Crippen LogP contribution is -2.35. The van der Waals surface area contributed by atoms with Crippen molar-refractivity contribution in [2.24, 2.45) is 0 Å². The maximum absolute atomic E-state index is 12.2. The molecule has 3 N–H and O–H groups in total. The maximum atomic E-state index is 12.2. The van der Waals surface area contributed by atoms with E-state index in [1.165, 1.54) is 10.8 Å². The quantitative estimate of drug-likeness (QED) is 0.779. The first kappa shape index (κ1) is 15.7. The van der Waals surface area contributed by atoms with Crippen LogP contribution < -0.4 is 11.0 Å². The Morgan fingerprint density at radius 2 is 1.96 bits per heavy atom. The minimum absolute atomic E-state index is 0.400. The second-order valence-corrected chi connectivity index (χ2v) is 5.45. The summed E-state index contributed by atoms with van der Waals surface area (Å²) < 4.78 is 6.76. The molecule has 7 nitrogen and oxygen atoms in total. The van der Waals surface area contributed by atoms with E-state index in [1.54, 1.807) is 6.07 Å². The summed E-state index contributed by atoms with van der Waals surface area (Å²) in [6.07, 6.45) is -1.56. The maximum Gasteiger partial charge on any atom is 0.351 e. The van der Waals surface area contributed by atoms with Crippen LogP contribution in [0.1, 0.15) is 19.6 Å². The molecular weight excluding hydrogens is 298 g/mol. The van der Waals surface area contributed by atoms with E-state index in [9.17, 15) is 15.0 Å². The molecule has 1 aliphatic heterocycles. The second-order valence-electron chi connectivity index (χ2n) is 5.45. The number of rotatable bonds is 4. The monoisotopic (exact) mass is 317 g/mol. The van der Waals surface area contributed by atoms with Gasteiger partial charge in [-0.25, -0.2) is 4.79 Å². The number of para-hydroxylation sites is 1. The van der Waals surface area contributed by atoms with Crippen LogP contribution in [-0.4, -0.2) is 38.1 Å². The Balaban J connectivity index is 1.82. The lowest BCUT2D eigenvalue weighted by Gasteiger charge is -2.17. The molecule has 1 aliphatic rings. The molecule has 1 aromatic heterocycles. The van der Waals surface area contributed by atoms with Crippen molar-refractivity contribution in [3.63, 3.8) is 0 Å². The number of ether oxygens (including phenoxy) is 1. The van der Waals surface area contributed by atoms with Crippen LogP contribution in [0.3, 0.4) is 0 Å². The molecule has 0 amide bonds. The third-order valence-electron chi connectivity index (χ3n) is 3.89. The van der Waals surface area contributed by atoms with Gasteiger partial charge >= 0.3 is 5.69 Å². The zero-order chi connectivity index (χ0) is 16.4. The van der Waals surface area contributed by atoms with E-state index in [-0.39, 0.29) is 0 Å². The van der Waals surface area contributed by atoms with E-state index >= 15 is 0 Å². The molecule has 0 radical (unpaired) electrons. The largest absolute Gasteiger partial charge is 0.388 e. The van der Waals surface area contributed by atoms with Crippen molar-refractivity contribution in [1.82, 2.24) is 9.55 Å². The van der Waals surface area contributed by atoms with Crippen molar-refractivity contribution >= 4 is 11.5 Å². The fourth-order valence-electron chi connectivity index (χ4n) is 2.64. The van der Waals surface area contributed by atoms with Gasteiger partial charge in [-0.15, -0.1) is 0 Å². The highest BCUT2D eigenvalue weighted by Gasteiger charge is 2.43. The van der Waals surface area contributed by atoms with E-state index in [0.717, 1.165) is 5.69 Å². The normalized spacial score (nSPS) is 27.1. The van der Waals surface area contributed by atoms with Crippen molar-refractivity contribution in [2.75, 3.05) is 5.32 Å². The van der Waals surface area contributed by atoms with Crippen LogP contribution in [-0.2, 0) is 4.74 Å². The molecule has 2 aromatic rings. The first-order valence-corrected chi connectivity index (χ1v) is 7.53. The molecule has 0 saturated carbocycles. The van der Waals surface area contributed by atoms with Crippen LogP contribution in [0.25, 0.3) is 0 Å². The third kappa shape index (κ3) is 3.12. The van der Waals surface area contributed by atoms with Gasteiger partial charge in [0, 0.05) is 11.9 Å². The van der Waals surface area contributed by atoms with E-state index < -0.39 is 30.2 Å². The van der Waals surface area contributed by atoms with Gasteiger partial charge in [0.25, 0.3) is 0 Å². The van der Waals surface area contributed by atoms with Crippen LogP contribution in [0.4, 0.5) is 11.5 Å². The number of anilines is 2. The predicted molar refractivity (Wildman–Crippen MR) is 84.4 cm³/mol. The van der Waals surface area contributed by atoms with Gasteiger partial charge in [0.05, 0.1) is 6.10 Å². The molecular formula is C16H19N3O4. The van der Waals surface area contributed by atoms with Crippen LogP contribution in [0.5, 0.6) is 0 Å². The van der Waals surface area contributed by atoms with E-state index in [2.05, 4.69) is 10.3 Å². The highest BCUT2D eigenvalue weighted by atomic mass is 16.6. The SMILES string of the molecule is CC[C@H]1O[C@@H](n2ccc(Nc3ccccc3)nc2=O)[C@@H](O)C1O. The lowest BCUT2D eigenvalue weighted by molar-refractivity contribution is -0.0403. The summed E-state index contributed by atoms with van der Waals surface area (Å²) in [7, 11) is 0. The van der Waals surface area contributed by atoms with Gasteiger partial charge in [0.15, 0.2) is 6.23 Å². The van der Waals surface area contributed by atoms with Gasteiger partial charge in [-0.3, -0.25) is 4.57 Å². The molecule has 23 heavy (non-hydrogen) atoms. The zero-order valence-corrected chi connectivity index (χ0v) is 12.7. The average Bonchev–Trinajstić information content (AvgIpc) is 2.84. The summed E-state index contributed by atoms with van der Waals surface area (Å²) >= 11 is 0. The summed E-state index contributed by atoms with van der Waals surface area (Å²) in [6.45, 7) is 1.84. The number of aliphatic hydroxyl groups is 2. The Hall–Kier alpha value is -2.22. The van der Waals surface area contributed by atoms with E-state index in [0.29, 0.717) is 12.2 Å². The number of benzene rings is 1. The first-order valence-electron chi connectivity index (χ1n) is 7.53. The molecule has 3 rings (SSSR count). The third-order valence-corrected chi connectivity index (χ3v) is 3.89. The molecule has 1 aromatic carbocycles. The minimum atomic E-state index is -1.16. The fourth-order valence-corrected chi connectivity index (χ4v) is 2.64. The summed E-state index contributed by atoms with van der Waals surface area (Å²) in [6, 6.07) is 11.0. The van der Waals surface area contributed by atoms with Crippen molar-refractivity contribution in [1.29, 1.82) is 0 Å². The molecule has 122 valence electrons. The standard InChI is InChI=1S/C16H19N3O4/c1-2-11-13(20)14(21)15(23-11)19-9-8-12(18-16(19)22)17-10-6-4-3-5-7-10/h3-9,11,13-15,20-21H,2H2,1H3,(H,17,18,22)/t11-,13?,14+,15-/m1/s1. The van der Waals surface area contributed by atoms with Gasteiger partial charge in [-0.1, -0.05) is 25.1 Å². The summed E-state index contributed by atoms with van der Waals surface area (Å²) in [4.78, 5) is 16.2. The van der Waals surface area contributed by atoms with Crippen LogP contribution >= 0.6 is 0 Å². The molecule has 2 heterocycles. The van der Waals surface area contributed by atoms with E-state index in [1.807, 2.05) is 37.3 Å². The number of aliphatic hydroxyl groups excluding tert-OH is 2. The van der Waals surface area contributed by atoms with E-state index in [4.69, 9.17) is 4.74 Å². The van der Waals surface area contributed by atoms with Crippen molar-refractivity contribution in [3.05, 3.63) is 53.1 Å². The molecule has 1 fully saturated rings. The molecule has 7 heteroatoms. The number of hydrogen-bond donors (Lipinski definition) is 3. The molecule has 1 saturated heterocycles. The number of nitrogens with one attached hydrogen (secondary N) is 1. The topological polar surface area (TPSA) is 96.6 Å². The van der Waals surface area contributed by atoms with Crippen LogP contribution in [0, 0.1) is 0 Å². The molecule has 0 bridgehead atoms. The van der Waals surface area contributed by atoms with Crippen molar-refractivity contribution in [2.45, 2.75) is 37.9 Å². The first-order chi connectivity index (χ1) is 11.1. The summed E-state index contributed by atoms with van der Waals surface area (Å²) in [5.74, 6) is 0.400. The number of nitrogens with zero attached hydrogens (tertiary/aromatic N) is 2. The van der Waals surface area contributed by atoms with Gasteiger partial charge < -0.3 is 20.3 Å². The van der Waals surface area contributed by atoms with Crippen LogP contribution in [0.2, 0.25) is 0 Å².